The van der Waals surface area contributed by atoms with E-state index in [2.05, 4.69) is 4.52 Å². The molecule has 0 aromatic heterocycles. The second kappa shape index (κ2) is 4.97. The summed E-state index contributed by atoms with van der Waals surface area (Å²) in [6.45, 7) is -5.01. The second-order valence-corrected chi connectivity index (χ2v) is 7.66. The van der Waals surface area contributed by atoms with Gasteiger partial charge in [0.1, 0.15) is 0 Å². The molecule has 0 fully saturated rings. The van der Waals surface area contributed by atoms with Crippen LogP contribution in [-0.2, 0) is 9.09 Å². The first-order valence-corrected chi connectivity index (χ1v) is 7.08. The van der Waals surface area contributed by atoms with E-state index in [1.54, 1.807) is 0 Å². The van der Waals surface area contributed by atoms with Gasteiger partial charge in [-0.05, 0) is 0 Å². The molecule has 0 heterocycles. The van der Waals surface area contributed by atoms with E-state index in [1.165, 1.54) is 0 Å². The molecule has 1 unspecified atom stereocenters. The molecule has 2 nitrogen and oxygen atoms in total. The minimum Gasteiger partial charge on any atom is -0.312 e. The van der Waals surface area contributed by atoms with Crippen molar-refractivity contribution in [3.05, 3.63) is 0 Å². The lowest BCUT2D eigenvalue weighted by atomic mass is 10.7. The van der Waals surface area contributed by atoms with Crippen molar-refractivity contribution in [1.82, 2.24) is 0 Å². The molecule has 0 saturated carbocycles. The van der Waals surface area contributed by atoms with E-state index in [4.69, 9.17) is 0 Å². The Bertz CT molecular complexity index is 227. The topological polar surface area (TPSA) is 26.3 Å². The highest BCUT2D eigenvalue weighted by Crippen LogP contribution is 2.58. The molecular formula is C5H7F6O2PS. The van der Waals surface area contributed by atoms with Crippen LogP contribution in [-0.4, -0.2) is 31.4 Å². The third kappa shape index (κ3) is 10.4. The fourth-order valence-electron chi connectivity index (χ4n) is 0.418. The molecule has 0 aromatic carbocycles. The van der Waals surface area contributed by atoms with Crippen molar-refractivity contribution in [2.24, 2.45) is 0 Å². The van der Waals surface area contributed by atoms with Gasteiger partial charge in [-0.3, -0.25) is 4.57 Å². The summed E-state index contributed by atoms with van der Waals surface area (Å²) >= 11 is -0.165. The average Bonchev–Trinajstić information content (AvgIpc) is 1.96. The number of halogens is 6. The molecule has 92 valence electrons. The zero-order valence-electron chi connectivity index (χ0n) is 7.35. The summed E-state index contributed by atoms with van der Waals surface area (Å²) in [6, 6.07) is 0. The van der Waals surface area contributed by atoms with Crippen LogP contribution in [0.4, 0.5) is 26.3 Å². The molecule has 0 bridgehead atoms. The van der Waals surface area contributed by atoms with Crippen LogP contribution < -0.4 is 0 Å². The van der Waals surface area contributed by atoms with Gasteiger partial charge in [-0.1, -0.05) is 11.4 Å². The van der Waals surface area contributed by atoms with Gasteiger partial charge in [-0.2, -0.15) is 26.3 Å². The van der Waals surface area contributed by atoms with Gasteiger partial charge in [0.2, 0.25) is 0 Å². The molecule has 0 aliphatic carbocycles. The van der Waals surface area contributed by atoms with E-state index in [0.29, 0.717) is 0 Å². The maximum absolute atomic E-state index is 11.6. The summed E-state index contributed by atoms with van der Waals surface area (Å²) in [6.07, 6.45) is -9.29. The molecule has 0 rings (SSSR count). The fourth-order valence-corrected chi connectivity index (χ4v) is 2.78. The average molecular weight is 276 g/mol. The van der Waals surface area contributed by atoms with Crippen LogP contribution in [0.3, 0.4) is 0 Å². The molecule has 0 aliphatic rings. The largest absolute Gasteiger partial charge is 0.412 e. The van der Waals surface area contributed by atoms with E-state index in [9.17, 15) is 30.9 Å². The molecule has 0 aliphatic heterocycles. The molecule has 0 amide bonds. The normalized spacial score (nSPS) is 17.5. The highest BCUT2D eigenvalue weighted by Gasteiger charge is 2.35. The molecule has 10 heteroatoms. The minimum absolute atomic E-state index is 0.165. The van der Waals surface area contributed by atoms with Crippen LogP contribution >= 0.6 is 18.0 Å². The SMILES string of the molecule is CP(=O)(OCC(F)(F)F)SCC(F)(F)F. The lowest BCUT2D eigenvalue weighted by molar-refractivity contribution is -0.152. The Morgan fingerprint density at radius 3 is 1.93 bits per heavy atom. The van der Waals surface area contributed by atoms with Crippen LogP contribution in [0.25, 0.3) is 0 Å². The van der Waals surface area contributed by atoms with Crippen molar-refractivity contribution in [2.75, 3.05) is 19.0 Å². The third-order valence-corrected chi connectivity index (χ3v) is 4.56. The predicted octanol–water partition coefficient (Wildman–Crippen LogP) is 3.68. The van der Waals surface area contributed by atoms with Crippen molar-refractivity contribution in [2.45, 2.75) is 12.4 Å². The second-order valence-electron chi connectivity index (χ2n) is 2.55. The van der Waals surface area contributed by atoms with Crippen molar-refractivity contribution < 1.29 is 35.4 Å². The lowest BCUT2D eigenvalue weighted by Gasteiger charge is -2.15. The number of hydrogen-bond donors (Lipinski definition) is 0. The first-order chi connectivity index (χ1) is 6.41. The highest BCUT2D eigenvalue weighted by atomic mass is 32.7. The van der Waals surface area contributed by atoms with Crippen LogP contribution in [0.5, 0.6) is 0 Å². The minimum atomic E-state index is -4.70. The van der Waals surface area contributed by atoms with Crippen LogP contribution in [0.15, 0.2) is 0 Å². The van der Waals surface area contributed by atoms with Crippen molar-refractivity contribution >= 4 is 18.0 Å². The van der Waals surface area contributed by atoms with Crippen molar-refractivity contribution in [3.8, 4) is 0 Å². The fraction of sp³-hybridized carbons (Fsp3) is 1.00. The summed E-state index contributed by atoms with van der Waals surface area (Å²) in [4.78, 5) is 0. The summed E-state index contributed by atoms with van der Waals surface area (Å²) in [5.41, 5.74) is 0. The van der Waals surface area contributed by atoms with Crippen LogP contribution in [0, 0.1) is 0 Å². The molecule has 0 saturated heterocycles. The predicted molar refractivity (Wildman–Crippen MR) is 44.1 cm³/mol. The van der Waals surface area contributed by atoms with Crippen molar-refractivity contribution in [3.63, 3.8) is 0 Å². The van der Waals surface area contributed by atoms with Gasteiger partial charge < -0.3 is 4.52 Å². The quantitative estimate of drug-likeness (QED) is 0.578. The summed E-state index contributed by atoms with van der Waals surface area (Å²) < 4.78 is 84.6. The van der Waals surface area contributed by atoms with E-state index < -0.39 is 31.3 Å². The van der Waals surface area contributed by atoms with Gasteiger partial charge in [-0.15, -0.1) is 0 Å². The Labute approximate surface area is 85.6 Å². The summed E-state index contributed by atoms with van der Waals surface area (Å²) in [5.74, 6) is -1.50. The molecule has 0 N–H and O–H groups in total. The summed E-state index contributed by atoms with van der Waals surface area (Å²) in [5, 5.41) is 0. The highest BCUT2D eigenvalue weighted by molar-refractivity contribution is 8.56. The van der Waals surface area contributed by atoms with Gasteiger partial charge >= 0.3 is 12.4 Å². The first-order valence-electron chi connectivity index (χ1n) is 3.41. The first kappa shape index (κ1) is 15.1. The Morgan fingerprint density at radius 2 is 1.60 bits per heavy atom. The van der Waals surface area contributed by atoms with E-state index in [1.807, 2.05) is 0 Å². The maximum Gasteiger partial charge on any atom is 0.412 e. The Hall–Kier alpha value is 0.120. The molecule has 1 atom stereocenters. The van der Waals surface area contributed by atoms with Crippen LogP contribution in [0.2, 0.25) is 0 Å². The van der Waals surface area contributed by atoms with Crippen molar-refractivity contribution in [1.29, 1.82) is 0 Å². The maximum atomic E-state index is 11.6. The Morgan fingerprint density at radius 1 is 1.13 bits per heavy atom. The Kier molecular flexibility index (Phi) is 5.01. The van der Waals surface area contributed by atoms with E-state index in [0.717, 1.165) is 6.66 Å². The lowest BCUT2D eigenvalue weighted by Crippen LogP contribution is -2.16. The molecule has 0 radical (unpaired) electrons. The number of hydrogen-bond acceptors (Lipinski definition) is 3. The van der Waals surface area contributed by atoms with Gasteiger partial charge in [0.05, 0.1) is 5.75 Å². The standard InChI is InChI=1S/C5H7F6O2PS/c1-14(12,13-2-4(6,7)8)15-3-5(9,10)11/h2-3H2,1H3. The monoisotopic (exact) mass is 276 g/mol. The molecule has 15 heavy (non-hydrogen) atoms. The van der Waals surface area contributed by atoms with Crippen LogP contribution in [0.1, 0.15) is 0 Å². The molecular weight excluding hydrogens is 269 g/mol. The number of rotatable bonds is 4. The zero-order valence-corrected chi connectivity index (χ0v) is 9.06. The van der Waals surface area contributed by atoms with E-state index in [-0.39, 0.29) is 11.4 Å². The molecule has 0 spiro atoms. The number of alkyl halides is 6. The van der Waals surface area contributed by atoms with Gasteiger partial charge in [0.25, 0.3) is 6.57 Å². The Balaban J connectivity index is 4.04. The van der Waals surface area contributed by atoms with Gasteiger partial charge in [-0.25, -0.2) is 0 Å². The smallest absolute Gasteiger partial charge is 0.312 e. The molecule has 0 aromatic rings. The van der Waals surface area contributed by atoms with E-state index >= 15 is 0 Å². The zero-order chi connectivity index (χ0) is 12.3. The van der Waals surface area contributed by atoms with Gasteiger partial charge in [0.15, 0.2) is 6.61 Å². The van der Waals surface area contributed by atoms with Gasteiger partial charge in [0, 0.05) is 6.66 Å². The summed E-state index contributed by atoms with van der Waals surface area (Å²) in [7, 11) is 0. The third-order valence-electron chi connectivity index (χ3n) is 0.925.